The summed E-state index contributed by atoms with van der Waals surface area (Å²) >= 11 is 0. The van der Waals surface area contributed by atoms with Crippen LogP contribution in [0.5, 0.6) is 0 Å². The van der Waals surface area contributed by atoms with E-state index in [1.54, 1.807) is 24.3 Å². The topological polar surface area (TPSA) is 110 Å². The molecule has 33 heavy (non-hydrogen) atoms. The lowest BCUT2D eigenvalue weighted by molar-refractivity contribution is -0.118. The zero-order valence-corrected chi connectivity index (χ0v) is 18.0. The van der Waals surface area contributed by atoms with E-state index >= 15 is 0 Å². The Balaban J connectivity index is 1.94. The van der Waals surface area contributed by atoms with Crippen molar-refractivity contribution >= 4 is 17.4 Å². The number of nitrogens with zero attached hydrogens (tertiary/aromatic N) is 2. The number of hydrogen-bond donors (Lipinski definition) is 2. The Morgan fingerprint density at radius 2 is 1.88 bits per heavy atom. The van der Waals surface area contributed by atoms with Crippen molar-refractivity contribution in [2.75, 3.05) is 30.9 Å². The Bertz CT molecular complexity index is 1240. The Morgan fingerprint density at radius 3 is 2.58 bits per heavy atom. The summed E-state index contributed by atoms with van der Waals surface area (Å²) in [4.78, 5) is 41.4. The van der Waals surface area contributed by atoms with Gasteiger partial charge in [0.15, 0.2) is 5.69 Å². The van der Waals surface area contributed by atoms with E-state index in [9.17, 15) is 23.2 Å². The molecule has 3 rings (SSSR count). The Labute approximate surface area is 188 Å². The molecule has 8 nitrogen and oxygen atoms in total. The molecule has 1 heterocycles. The number of hydrogen-bond acceptors (Lipinski definition) is 5. The van der Waals surface area contributed by atoms with Crippen LogP contribution in [0.3, 0.4) is 0 Å². The average molecular weight is 458 g/mol. The zero-order chi connectivity index (χ0) is 24.0. The molecule has 0 atom stereocenters. The molecular formula is C23H24F2N4O4. The third kappa shape index (κ3) is 5.72. The summed E-state index contributed by atoms with van der Waals surface area (Å²) in [6, 6.07) is 12.0. The predicted octanol–water partition coefficient (Wildman–Crippen LogP) is 2.06. The quantitative estimate of drug-likeness (QED) is 0.510. The number of nitrogens with one attached hydrogen (secondary N) is 1. The maximum Gasteiger partial charge on any atom is 0.330 e. The van der Waals surface area contributed by atoms with Crippen LogP contribution < -0.4 is 21.9 Å². The molecule has 0 spiro atoms. The molecule has 0 saturated carbocycles. The lowest BCUT2D eigenvalue weighted by atomic mass is 10.1. The van der Waals surface area contributed by atoms with Gasteiger partial charge in [-0.25, -0.2) is 13.6 Å². The van der Waals surface area contributed by atoms with E-state index in [1.807, 2.05) is 6.07 Å². The molecule has 3 N–H and O–H groups in total. The minimum Gasteiger partial charge on any atom is -0.383 e. The van der Waals surface area contributed by atoms with Crippen LogP contribution in [0, 0.1) is 11.6 Å². The summed E-state index contributed by atoms with van der Waals surface area (Å²) in [5.74, 6) is -2.00. The number of nitrogen functional groups attached to an aromatic ring is 1. The number of nitrogens with two attached hydrogens (primary N) is 1. The van der Waals surface area contributed by atoms with Crippen LogP contribution in [-0.4, -0.2) is 35.7 Å². The van der Waals surface area contributed by atoms with Gasteiger partial charge in [0.2, 0.25) is 5.91 Å². The molecule has 3 aromatic rings. The first-order valence-electron chi connectivity index (χ1n) is 10.2. The minimum atomic E-state index is -0.830. The van der Waals surface area contributed by atoms with Crippen LogP contribution in [0.2, 0.25) is 0 Å². The molecule has 0 aliphatic heterocycles. The number of amides is 1. The molecule has 0 unspecified atom stereocenters. The van der Waals surface area contributed by atoms with E-state index in [0.717, 1.165) is 33.2 Å². The molecule has 0 saturated heterocycles. The van der Waals surface area contributed by atoms with Crippen molar-refractivity contribution in [1.82, 2.24) is 9.55 Å². The first-order chi connectivity index (χ1) is 15.8. The normalized spacial score (nSPS) is 10.9. The van der Waals surface area contributed by atoms with Gasteiger partial charge < -0.3 is 15.4 Å². The van der Waals surface area contributed by atoms with Crippen molar-refractivity contribution in [2.24, 2.45) is 0 Å². The maximum absolute atomic E-state index is 14.0. The molecule has 0 fully saturated rings. The number of anilines is 2. The number of H-pyrrole nitrogens is 1. The van der Waals surface area contributed by atoms with Crippen molar-refractivity contribution in [3.63, 3.8) is 0 Å². The van der Waals surface area contributed by atoms with Crippen LogP contribution in [0.1, 0.15) is 17.5 Å². The Morgan fingerprint density at radius 1 is 1.15 bits per heavy atom. The molecule has 2 aromatic carbocycles. The van der Waals surface area contributed by atoms with Gasteiger partial charge in [0, 0.05) is 20.1 Å². The largest absolute Gasteiger partial charge is 0.383 e. The van der Waals surface area contributed by atoms with E-state index in [2.05, 4.69) is 4.98 Å². The average Bonchev–Trinajstić information content (AvgIpc) is 2.79. The third-order valence-corrected chi connectivity index (χ3v) is 5.10. The van der Waals surface area contributed by atoms with E-state index in [0.29, 0.717) is 0 Å². The highest BCUT2D eigenvalue weighted by atomic mass is 19.1. The summed E-state index contributed by atoms with van der Waals surface area (Å²) in [6.07, 6.45) is -0.311. The number of carbonyl (C=O) groups excluding carboxylic acids is 1. The Hall–Kier alpha value is -3.79. The van der Waals surface area contributed by atoms with Gasteiger partial charge in [0.05, 0.1) is 13.2 Å². The molecule has 0 radical (unpaired) electrons. The number of carbonyl (C=O) groups is 1. The van der Waals surface area contributed by atoms with Crippen molar-refractivity contribution in [2.45, 2.75) is 19.4 Å². The van der Waals surface area contributed by atoms with Gasteiger partial charge in [-0.1, -0.05) is 30.3 Å². The first kappa shape index (κ1) is 23.9. The highest BCUT2D eigenvalue weighted by molar-refractivity contribution is 5.95. The van der Waals surface area contributed by atoms with Crippen LogP contribution in [0.25, 0.3) is 0 Å². The molecule has 1 amide bonds. The zero-order valence-electron chi connectivity index (χ0n) is 18.0. The van der Waals surface area contributed by atoms with E-state index in [-0.39, 0.29) is 49.6 Å². The van der Waals surface area contributed by atoms with Gasteiger partial charge in [-0.05, 0) is 35.7 Å². The number of aromatic nitrogens is 2. The summed E-state index contributed by atoms with van der Waals surface area (Å²) < 4.78 is 33.6. The minimum absolute atomic E-state index is 0.0300. The molecular weight excluding hydrogens is 434 g/mol. The lowest BCUT2D eigenvalue weighted by Crippen LogP contribution is -2.42. The van der Waals surface area contributed by atoms with Gasteiger partial charge in [-0.2, -0.15) is 0 Å². The molecule has 0 aliphatic rings. The third-order valence-electron chi connectivity index (χ3n) is 5.10. The fourth-order valence-corrected chi connectivity index (χ4v) is 3.42. The van der Waals surface area contributed by atoms with Crippen LogP contribution in [0.4, 0.5) is 20.3 Å². The van der Waals surface area contributed by atoms with Crippen molar-refractivity contribution < 1.29 is 18.3 Å². The monoisotopic (exact) mass is 458 g/mol. The van der Waals surface area contributed by atoms with Crippen LogP contribution in [0.15, 0.2) is 58.1 Å². The van der Waals surface area contributed by atoms with Gasteiger partial charge in [0.1, 0.15) is 17.5 Å². The molecule has 1 aromatic heterocycles. The highest BCUT2D eigenvalue weighted by Crippen LogP contribution is 2.20. The number of aryl methyl sites for hydroxylation is 1. The van der Waals surface area contributed by atoms with Gasteiger partial charge in [-0.3, -0.25) is 19.1 Å². The summed E-state index contributed by atoms with van der Waals surface area (Å²) in [5, 5.41) is 0. The second kappa shape index (κ2) is 10.7. The van der Waals surface area contributed by atoms with Gasteiger partial charge >= 0.3 is 5.69 Å². The number of benzene rings is 2. The fraction of sp³-hybridized carbons (Fsp3) is 0.261. The molecule has 0 bridgehead atoms. The second-order valence-corrected chi connectivity index (χ2v) is 7.34. The second-order valence-electron chi connectivity index (χ2n) is 7.34. The SMILES string of the molecule is COCCN(C(=O)CCc1cc(F)ccc1F)c1c(N)n(Cc2ccccc2)c(=O)[nH]c1=O. The van der Waals surface area contributed by atoms with Crippen molar-refractivity contribution in [1.29, 1.82) is 0 Å². The van der Waals surface area contributed by atoms with Crippen molar-refractivity contribution in [3.8, 4) is 0 Å². The maximum atomic E-state index is 14.0. The number of methoxy groups -OCH3 is 1. The standard InChI is InChI=1S/C23H24F2N4O4/c1-33-12-11-28(19(30)10-7-16-13-17(24)8-9-18(16)25)20-21(26)29(23(32)27-22(20)31)14-15-5-3-2-4-6-15/h2-6,8-9,13H,7,10-12,14,26H2,1H3,(H,27,31,32). The van der Waals surface area contributed by atoms with E-state index < -0.39 is 28.8 Å². The first-order valence-corrected chi connectivity index (χ1v) is 10.2. The van der Waals surface area contributed by atoms with Gasteiger partial charge in [0.25, 0.3) is 5.56 Å². The smallest absolute Gasteiger partial charge is 0.330 e. The van der Waals surface area contributed by atoms with Crippen molar-refractivity contribution in [3.05, 3.63) is 92.1 Å². The highest BCUT2D eigenvalue weighted by Gasteiger charge is 2.24. The van der Waals surface area contributed by atoms with Crippen LogP contribution in [-0.2, 0) is 22.5 Å². The Kier molecular flexibility index (Phi) is 7.73. The summed E-state index contributed by atoms with van der Waals surface area (Å²) in [5.41, 5.74) is 5.24. The number of ether oxygens (including phenoxy) is 1. The van der Waals surface area contributed by atoms with E-state index in [1.165, 1.54) is 7.11 Å². The van der Waals surface area contributed by atoms with E-state index in [4.69, 9.17) is 10.5 Å². The predicted molar refractivity (Wildman–Crippen MR) is 120 cm³/mol. The fourth-order valence-electron chi connectivity index (χ4n) is 3.42. The molecule has 174 valence electrons. The molecule has 0 aliphatic carbocycles. The summed E-state index contributed by atoms with van der Waals surface area (Å²) in [6.45, 7) is 0.130. The number of halogens is 2. The molecule has 10 heteroatoms. The van der Waals surface area contributed by atoms with Gasteiger partial charge in [-0.15, -0.1) is 0 Å². The van der Waals surface area contributed by atoms with Crippen LogP contribution >= 0.6 is 0 Å². The number of aromatic amines is 1. The summed E-state index contributed by atoms with van der Waals surface area (Å²) in [7, 11) is 1.43. The number of rotatable bonds is 9. The lowest BCUT2D eigenvalue weighted by Gasteiger charge is -2.24.